The second-order valence-electron chi connectivity index (χ2n) is 5.34. The number of carbonyl (C=O) groups is 1. The number of nitrogens with one attached hydrogen (secondary N) is 1. The number of nitrogens with two attached hydrogens (primary N) is 1. The maximum Gasteiger partial charge on any atom is 0.253 e. The van der Waals surface area contributed by atoms with Gasteiger partial charge in [0, 0.05) is 25.0 Å². The van der Waals surface area contributed by atoms with Crippen molar-refractivity contribution in [2.75, 3.05) is 20.1 Å². The van der Waals surface area contributed by atoms with Crippen molar-refractivity contribution >= 4 is 23.1 Å². The quantitative estimate of drug-likeness (QED) is 0.809. The van der Waals surface area contributed by atoms with E-state index in [1.54, 1.807) is 18.3 Å². The molecule has 1 saturated heterocycles. The average molecular weight is 292 g/mol. The van der Waals surface area contributed by atoms with Crippen molar-refractivity contribution in [1.29, 1.82) is 0 Å². The molecule has 0 bridgehead atoms. The van der Waals surface area contributed by atoms with Crippen LogP contribution in [-0.2, 0) is 0 Å². The Morgan fingerprint density at radius 3 is 2.70 bits per heavy atom. The number of aromatic nitrogens is 1. The number of likely N-dealkylation sites (tertiary alicyclic amines) is 1. The van der Waals surface area contributed by atoms with Gasteiger partial charge in [0.25, 0.3) is 5.91 Å². The van der Waals surface area contributed by atoms with Crippen LogP contribution in [0, 0.1) is 6.92 Å². The van der Waals surface area contributed by atoms with E-state index in [0.717, 1.165) is 25.9 Å². The Morgan fingerprint density at radius 2 is 2.15 bits per heavy atom. The minimum absolute atomic E-state index is 0.159. The Labute approximate surface area is 124 Å². The molecule has 1 aromatic heterocycles. The summed E-state index contributed by atoms with van der Waals surface area (Å²) in [5, 5.41) is 3.04. The van der Waals surface area contributed by atoms with Gasteiger partial charge < -0.3 is 16.0 Å². The van der Waals surface area contributed by atoms with Gasteiger partial charge in [-0.05, 0) is 38.9 Å². The molecule has 1 aliphatic rings. The van der Waals surface area contributed by atoms with E-state index >= 15 is 0 Å². The molecule has 1 fully saturated rings. The summed E-state index contributed by atoms with van der Waals surface area (Å²) in [6, 6.07) is 3.52. The van der Waals surface area contributed by atoms with Gasteiger partial charge in [-0.15, -0.1) is 0 Å². The molecule has 0 radical (unpaired) electrons. The van der Waals surface area contributed by atoms with Gasteiger partial charge in [-0.2, -0.15) is 0 Å². The molecule has 2 rings (SSSR count). The third kappa shape index (κ3) is 2.96. The summed E-state index contributed by atoms with van der Waals surface area (Å²) in [7, 11) is 2.05. The van der Waals surface area contributed by atoms with E-state index in [1.807, 2.05) is 6.92 Å². The van der Waals surface area contributed by atoms with Crippen molar-refractivity contribution in [3.05, 3.63) is 29.6 Å². The third-order valence-electron chi connectivity index (χ3n) is 3.92. The van der Waals surface area contributed by atoms with Crippen molar-refractivity contribution in [3.8, 4) is 0 Å². The Hall–Kier alpha value is -1.53. The number of aryl methyl sites for hydroxylation is 1. The molecular weight excluding hydrogens is 272 g/mol. The molecule has 20 heavy (non-hydrogen) atoms. The zero-order valence-corrected chi connectivity index (χ0v) is 12.7. The van der Waals surface area contributed by atoms with Crippen LogP contribution in [0.25, 0.3) is 0 Å². The lowest BCUT2D eigenvalue weighted by atomic mass is 9.87. The monoisotopic (exact) mass is 292 g/mol. The number of hydrogen-bond donors (Lipinski definition) is 2. The molecule has 1 amide bonds. The highest BCUT2D eigenvalue weighted by molar-refractivity contribution is 7.80. The minimum atomic E-state index is -0.582. The van der Waals surface area contributed by atoms with Gasteiger partial charge >= 0.3 is 0 Å². The standard InChI is InChI=1S/C14H20N4OS/c1-10-11(4-3-7-16-10)12(19)17-14(13(15)20)5-8-18(2)9-6-14/h3-4,7H,5-6,8-9H2,1-2H3,(H2,15,20)(H,17,19). The Kier molecular flexibility index (Phi) is 4.35. The molecule has 108 valence electrons. The molecule has 0 aliphatic carbocycles. The van der Waals surface area contributed by atoms with Crippen LogP contribution in [0.3, 0.4) is 0 Å². The normalized spacial score (nSPS) is 18.5. The highest BCUT2D eigenvalue weighted by Gasteiger charge is 2.38. The molecule has 1 aliphatic heterocycles. The molecule has 3 N–H and O–H groups in total. The van der Waals surface area contributed by atoms with E-state index in [2.05, 4.69) is 22.2 Å². The van der Waals surface area contributed by atoms with E-state index < -0.39 is 5.54 Å². The summed E-state index contributed by atoms with van der Waals surface area (Å²) in [5.74, 6) is -0.159. The van der Waals surface area contributed by atoms with Gasteiger partial charge in [0.2, 0.25) is 0 Å². The Morgan fingerprint density at radius 1 is 1.50 bits per heavy atom. The molecule has 2 heterocycles. The van der Waals surface area contributed by atoms with Gasteiger partial charge in [0.15, 0.2) is 0 Å². The largest absolute Gasteiger partial charge is 0.391 e. The van der Waals surface area contributed by atoms with Crippen LogP contribution in [0.2, 0.25) is 0 Å². The average Bonchev–Trinajstić information content (AvgIpc) is 2.41. The number of thiocarbonyl (C=S) groups is 1. The fourth-order valence-corrected chi connectivity index (χ4v) is 2.70. The summed E-state index contributed by atoms with van der Waals surface area (Å²) < 4.78 is 0. The van der Waals surface area contributed by atoms with Crippen molar-refractivity contribution < 1.29 is 4.79 Å². The number of carbonyl (C=O) groups excluding carboxylic acids is 1. The van der Waals surface area contributed by atoms with Crippen LogP contribution in [0.15, 0.2) is 18.3 Å². The van der Waals surface area contributed by atoms with Crippen LogP contribution < -0.4 is 11.1 Å². The molecule has 5 nitrogen and oxygen atoms in total. The van der Waals surface area contributed by atoms with Crippen molar-refractivity contribution in [2.45, 2.75) is 25.3 Å². The number of hydrogen-bond acceptors (Lipinski definition) is 4. The SMILES string of the molecule is Cc1ncccc1C(=O)NC1(C(N)=S)CCN(C)CC1. The first kappa shape index (κ1) is 14.9. The lowest BCUT2D eigenvalue weighted by molar-refractivity contribution is 0.0889. The molecule has 0 aromatic carbocycles. The number of pyridine rings is 1. The summed E-state index contributed by atoms with van der Waals surface area (Å²) in [5.41, 5.74) is 6.59. The molecule has 0 spiro atoms. The number of piperidine rings is 1. The van der Waals surface area contributed by atoms with Crippen LogP contribution >= 0.6 is 12.2 Å². The van der Waals surface area contributed by atoms with Crippen LogP contribution in [0.1, 0.15) is 28.9 Å². The van der Waals surface area contributed by atoms with Gasteiger partial charge in [0.05, 0.1) is 16.1 Å². The number of rotatable bonds is 3. The summed E-state index contributed by atoms with van der Waals surface area (Å²) in [6.45, 7) is 3.55. The topological polar surface area (TPSA) is 71.2 Å². The molecule has 0 unspecified atom stereocenters. The lowest BCUT2D eigenvalue weighted by Crippen LogP contribution is -2.61. The predicted molar refractivity (Wildman–Crippen MR) is 82.7 cm³/mol. The summed E-state index contributed by atoms with van der Waals surface area (Å²) in [4.78, 5) is 19.2. The smallest absolute Gasteiger partial charge is 0.253 e. The maximum atomic E-state index is 12.4. The molecule has 0 saturated carbocycles. The Bertz CT molecular complexity index is 524. The van der Waals surface area contributed by atoms with Crippen LogP contribution in [0.5, 0.6) is 0 Å². The third-order valence-corrected chi connectivity index (χ3v) is 4.31. The zero-order chi connectivity index (χ0) is 14.8. The first-order valence-corrected chi connectivity index (χ1v) is 7.08. The predicted octanol–water partition coefficient (Wildman–Crippen LogP) is 0.870. The second kappa shape index (κ2) is 5.85. The van der Waals surface area contributed by atoms with Crippen molar-refractivity contribution in [2.24, 2.45) is 5.73 Å². The number of nitrogens with zero attached hydrogens (tertiary/aromatic N) is 2. The molecule has 0 atom stereocenters. The first-order valence-electron chi connectivity index (χ1n) is 6.67. The highest BCUT2D eigenvalue weighted by atomic mass is 32.1. The molecule has 6 heteroatoms. The van der Waals surface area contributed by atoms with E-state index in [9.17, 15) is 4.79 Å². The minimum Gasteiger partial charge on any atom is -0.391 e. The first-order chi connectivity index (χ1) is 9.44. The fraction of sp³-hybridized carbons (Fsp3) is 0.500. The Balaban J connectivity index is 2.19. The van der Waals surface area contributed by atoms with Gasteiger partial charge in [-0.3, -0.25) is 9.78 Å². The fourth-order valence-electron chi connectivity index (χ4n) is 2.44. The van der Waals surface area contributed by atoms with E-state index in [0.29, 0.717) is 16.2 Å². The second-order valence-corrected chi connectivity index (χ2v) is 5.78. The highest BCUT2D eigenvalue weighted by Crippen LogP contribution is 2.23. The summed E-state index contributed by atoms with van der Waals surface area (Å²) >= 11 is 5.20. The van der Waals surface area contributed by atoms with E-state index in [4.69, 9.17) is 18.0 Å². The maximum absolute atomic E-state index is 12.4. The molecule has 1 aromatic rings. The molecular formula is C14H20N4OS. The van der Waals surface area contributed by atoms with Gasteiger partial charge in [-0.1, -0.05) is 12.2 Å². The van der Waals surface area contributed by atoms with Crippen molar-refractivity contribution in [3.63, 3.8) is 0 Å². The van der Waals surface area contributed by atoms with Gasteiger partial charge in [-0.25, -0.2) is 0 Å². The van der Waals surface area contributed by atoms with E-state index in [-0.39, 0.29) is 5.91 Å². The van der Waals surface area contributed by atoms with Crippen molar-refractivity contribution in [1.82, 2.24) is 15.2 Å². The lowest BCUT2D eigenvalue weighted by Gasteiger charge is -2.40. The van der Waals surface area contributed by atoms with E-state index in [1.165, 1.54) is 0 Å². The zero-order valence-electron chi connectivity index (χ0n) is 11.8. The van der Waals surface area contributed by atoms with Crippen LogP contribution in [-0.4, -0.2) is 46.5 Å². The number of amides is 1. The van der Waals surface area contributed by atoms with Gasteiger partial charge in [0.1, 0.15) is 0 Å². The summed E-state index contributed by atoms with van der Waals surface area (Å²) in [6.07, 6.45) is 3.15. The van der Waals surface area contributed by atoms with Crippen LogP contribution in [0.4, 0.5) is 0 Å².